The van der Waals surface area contributed by atoms with Crippen LogP contribution in [0.25, 0.3) is 0 Å². The van der Waals surface area contributed by atoms with E-state index in [1.54, 1.807) is 37.3 Å². The number of halogens is 2. The van der Waals surface area contributed by atoms with Crippen molar-refractivity contribution in [2.24, 2.45) is 5.10 Å². The first-order valence-electron chi connectivity index (χ1n) is 6.75. The molecule has 5 nitrogen and oxygen atoms in total. The number of phenols is 1. The third-order valence-corrected chi connectivity index (χ3v) is 3.38. The van der Waals surface area contributed by atoms with Crippen molar-refractivity contribution >= 4 is 35.3 Å². The molecule has 0 aliphatic carbocycles. The number of phenolic OH excluding ortho intramolecular Hbond substituents is 1. The number of hydrogen-bond donors (Lipinski definition) is 2. The number of rotatable bonds is 5. The van der Waals surface area contributed by atoms with E-state index in [-0.39, 0.29) is 22.4 Å². The highest BCUT2D eigenvalue weighted by Crippen LogP contribution is 2.34. The van der Waals surface area contributed by atoms with Crippen molar-refractivity contribution < 1.29 is 14.6 Å². The van der Waals surface area contributed by atoms with Crippen LogP contribution < -0.4 is 10.2 Å². The summed E-state index contributed by atoms with van der Waals surface area (Å²) < 4.78 is 5.27. The predicted molar refractivity (Wildman–Crippen MR) is 90.8 cm³/mol. The van der Waals surface area contributed by atoms with Crippen LogP contribution in [0.5, 0.6) is 11.5 Å². The first-order valence-corrected chi connectivity index (χ1v) is 7.51. The van der Waals surface area contributed by atoms with Gasteiger partial charge < -0.3 is 9.84 Å². The summed E-state index contributed by atoms with van der Waals surface area (Å²) in [7, 11) is 0. The minimum Gasteiger partial charge on any atom is -0.503 e. The molecule has 2 aromatic rings. The van der Waals surface area contributed by atoms with Gasteiger partial charge in [0.05, 0.1) is 17.8 Å². The maximum absolute atomic E-state index is 11.9. The lowest BCUT2D eigenvalue weighted by atomic mass is 10.2. The fourth-order valence-electron chi connectivity index (χ4n) is 1.77. The Morgan fingerprint density at radius 1 is 1.30 bits per heavy atom. The number of nitrogens with zero attached hydrogens (tertiary/aromatic N) is 1. The quantitative estimate of drug-likeness (QED) is 0.633. The maximum Gasteiger partial charge on any atom is 0.271 e. The highest BCUT2D eigenvalue weighted by Gasteiger charge is 2.09. The fraction of sp³-hybridized carbons (Fsp3) is 0.125. The van der Waals surface area contributed by atoms with E-state index in [2.05, 4.69) is 10.5 Å². The normalized spacial score (nSPS) is 10.7. The first-order chi connectivity index (χ1) is 11.0. The largest absolute Gasteiger partial charge is 0.503 e. The van der Waals surface area contributed by atoms with Gasteiger partial charge in [0.15, 0.2) is 11.5 Å². The van der Waals surface area contributed by atoms with Crippen LogP contribution in [0.3, 0.4) is 0 Å². The maximum atomic E-state index is 11.9. The summed E-state index contributed by atoms with van der Waals surface area (Å²) in [5.41, 5.74) is 3.41. The molecule has 0 saturated heterocycles. The minimum absolute atomic E-state index is 0.129. The van der Waals surface area contributed by atoms with E-state index >= 15 is 0 Å². The van der Waals surface area contributed by atoms with Crippen LogP contribution in [-0.2, 0) is 0 Å². The lowest BCUT2D eigenvalue weighted by molar-refractivity contribution is 0.0955. The number of aromatic hydroxyl groups is 1. The second-order valence-corrected chi connectivity index (χ2v) is 5.33. The Kier molecular flexibility index (Phi) is 5.84. The number of amides is 1. The van der Waals surface area contributed by atoms with Crippen molar-refractivity contribution in [1.29, 1.82) is 0 Å². The Balaban J connectivity index is 2.08. The second kappa shape index (κ2) is 7.85. The molecule has 0 radical (unpaired) electrons. The van der Waals surface area contributed by atoms with E-state index in [0.29, 0.717) is 22.8 Å². The summed E-state index contributed by atoms with van der Waals surface area (Å²) in [5, 5.41) is 14.3. The average molecular weight is 353 g/mol. The molecule has 120 valence electrons. The van der Waals surface area contributed by atoms with Gasteiger partial charge in [-0.2, -0.15) is 5.10 Å². The number of ether oxygens (including phenoxy) is 1. The SMILES string of the molecule is CCOc1cc(C=NNC(=O)c2ccc(Cl)cc2)cc(Cl)c1O. The molecule has 0 aliphatic rings. The monoisotopic (exact) mass is 352 g/mol. The van der Waals surface area contributed by atoms with Crippen molar-refractivity contribution in [3.8, 4) is 11.5 Å². The predicted octanol–water partition coefficient (Wildman–Crippen LogP) is 3.86. The molecule has 0 atom stereocenters. The van der Waals surface area contributed by atoms with Gasteiger partial charge in [0.2, 0.25) is 0 Å². The average Bonchev–Trinajstić information content (AvgIpc) is 2.53. The molecule has 0 bridgehead atoms. The number of carbonyl (C=O) groups is 1. The molecule has 0 aromatic heterocycles. The highest BCUT2D eigenvalue weighted by atomic mass is 35.5. The van der Waals surface area contributed by atoms with Gasteiger partial charge in [-0.3, -0.25) is 4.79 Å². The van der Waals surface area contributed by atoms with E-state index in [1.807, 2.05) is 0 Å². The zero-order valence-electron chi connectivity index (χ0n) is 12.2. The van der Waals surface area contributed by atoms with Gasteiger partial charge in [-0.25, -0.2) is 5.43 Å². The Morgan fingerprint density at radius 3 is 2.65 bits per heavy atom. The topological polar surface area (TPSA) is 70.9 Å². The third-order valence-electron chi connectivity index (χ3n) is 2.84. The Labute approximate surface area is 143 Å². The first kappa shape index (κ1) is 17.1. The molecule has 7 heteroatoms. The van der Waals surface area contributed by atoms with Gasteiger partial charge in [0.25, 0.3) is 5.91 Å². The van der Waals surface area contributed by atoms with E-state index in [0.717, 1.165) is 0 Å². The molecule has 2 rings (SSSR count). The fourth-order valence-corrected chi connectivity index (χ4v) is 2.11. The van der Waals surface area contributed by atoms with Crippen molar-refractivity contribution in [2.75, 3.05) is 6.61 Å². The molecule has 2 aromatic carbocycles. The number of carbonyl (C=O) groups excluding carboxylic acids is 1. The van der Waals surface area contributed by atoms with Gasteiger partial charge in [0, 0.05) is 10.6 Å². The van der Waals surface area contributed by atoms with Crippen LogP contribution in [0.2, 0.25) is 10.0 Å². The summed E-state index contributed by atoms with van der Waals surface area (Å²) in [4.78, 5) is 11.9. The summed E-state index contributed by atoms with van der Waals surface area (Å²) in [6, 6.07) is 9.51. The lowest BCUT2D eigenvalue weighted by Gasteiger charge is -2.08. The number of hydrazone groups is 1. The number of hydrogen-bond acceptors (Lipinski definition) is 4. The molecule has 1 amide bonds. The van der Waals surface area contributed by atoms with Gasteiger partial charge >= 0.3 is 0 Å². The molecule has 0 spiro atoms. The number of benzene rings is 2. The molecule has 0 fully saturated rings. The Hall–Kier alpha value is -2.24. The van der Waals surface area contributed by atoms with Crippen LogP contribution in [0.15, 0.2) is 41.5 Å². The summed E-state index contributed by atoms with van der Waals surface area (Å²) >= 11 is 11.7. The van der Waals surface area contributed by atoms with Crippen molar-refractivity contribution in [2.45, 2.75) is 6.92 Å². The van der Waals surface area contributed by atoms with E-state index in [4.69, 9.17) is 27.9 Å². The number of nitrogens with one attached hydrogen (secondary N) is 1. The van der Waals surface area contributed by atoms with Crippen molar-refractivity contribution in [3.63, 3.8) is 0 Å². The van der Waals surface area contributed by atoms with E-state index < -0.39 is 0 Å². The molecule has 0 aliphatic heterocycles. The van der Waals surface area contributed by atoms with E-state index in [1.165, 1.54) is 12.3 Å². The zero-order valence-corrected chi connectivity index (χ0v) is 13.7. The zero-order chi connectivity index (χ0) is 16.8. The summed E-state index contributed by atoms with van der Waals surface area (Å²) in [6.45, 7) is 2.18. The molecule has 2 N–H and O–H groups in total. The molecule has 0 saturated carbocycles. The van der Waals surface area contributed by atoms with Crippen LogP contribution in [0.4, 0.5) is 0 Å². The second-order valence-electron chi connectivity index (χ2n) is 4.49. The lowest BCUT2D eigenvalue weighted by Crippen LogP contribution is -2.17. The van der Waals surface area contributed by atoms with Gasteiger partial charge in [-0.1, -0.05) is 23.2 Å². The van der Waals surface area contributed by atoms with Crippen LogP contribution in [0, 0.1) is 0 Å². The highest BCUT2D eigenvalue weighted by molar-refractivity contribution is 6.32. The molecule has 0 unspecified atom stereocenters. The van der Waals surface area contributed by atoms with Crippen LogP contribution in [0.1, 0.15) is 22.8 Å². The van der Waals surface area contributed by atoms with Gasteiger partial charge in [0.1, 0.15) is 0 Å². The van der Waals surface area contributed by atoms with Crippen molar-refractivity contribution in [1.82, 2.24) is 5.43 Å². The van der Waals surface area contributed by atoms with E-state index in [9.17, 15) is 9.90 Å². The standard InChI is InChI=1S/C16H14Cl2N2O3/c1-2-23-14-8-10(7-13(18)15(14)21)9-19-20-16(22)11-3-5-12(17)6-4-11/h3-9,21H,2H2,1H3,(H,20,22). The molecular weight excluding hydrogens is 339 g/mol. The van der Waals surface area contributed by atoms with Gasteiger partial charge in [-0.15, -0.1) is 0 Å². The minimum atomic E-state index is -0.368. The summed E-state index contributed by atoms with van der Waals surface area (Å²) in [6.07, 6.45) is 1.40. The third kappa shape index (κ3) is 4.61. The van der Waals surface area contributed by atoms with Crippen LogP contribution >= 0.6 is 23.2 Å². The Morgan fingerprint density at radius 2 is 2.00 bits per heavy atom. The molecule has 23 heavy (non-hydrogen) atoms. The molecule has 0 heterocycles. The van der Waals surface area contributed by atoms with Gasteiger partial charge in [-0.05, 0) is 48.9 Å². The molecular formula is C16H14Cl2N2O3. The summed E-state index contributed by atoms with van der Waals surface area (Å²) in [5.74, 6) is -0.242. The smallest absolute Gasteiger partial charge is 0.271 e. The van der Waals surface area contributed by atoms with Crippen LogP contribution in [-0.4, -0.2) is 23.8 Å². The van der Waals surface area contributed by atoms with Crippen molar-refractivity contribution in [3.05, 3.63) is 57.6 Å². The Bertz CT molecular complexity index is 731.